The number of anilines is 2. The Morgan fingerprint density at radius 2 is 1.08 bits per heavy atom. The Balaban J connectivity index is 0.000000134. The van der Waals surface area contributed by atoms with Gasteiger partial charge in [-0.1, -0.05) is 48.5 Å². The first-order chi connectivity index (χ1) is 30.8. The largest absolute Gasteiger partial charge is 0.492 e. The molecule has 0 saturated carbocycles. The third-order valence-corrected chi connectivity index (χ3v) is 10.7. The molecule has 324 valence electrons. The van der Waals surface area contributed by atoms with Crippen molar-refractivity contribution in [1.82, 2.24) is 25.3 Å². The monoisotopic (exact) mass is 853 g/mol. The van der Waals surface area contributed by atoms with Gasteiger partial charge in [0, 0.05) is 48.4 Å². The minimum Gasteiger partial charge on any atom is -0.492 e. The number of imidazole rings is 2. The first kappa shape index (κ1) is 42.3. The fourth-order valence-electron chi connectivity index (χ4n) is 7.33. The number of methoxy groups -OCH3 is 2. The van der Waals surface area contributed by atoms with Crippen molar-refractivity contribution in [3.8, 4) is 17.2 Å². The predicted molar refractivity (Wildman–Crippen MR) is 236 cm³/mol. The van der Waals surface area contributed by atoms with Crippen LogP contribution in [-0.2, 0) is 29.1 Å². The summed E-state index contributed by atoms with van der Waals surface area (Å²) >= 11 is 0. The van der Waals surface area contributed by atoms with Gasteiger partial charge >= 0.3 is 11.9 Å². The number of ketones is 1. The quantitative estimate of drug-likeness (QED) is 0.115. The number of rotatable bonds is 6. The summed E-state index contributed by atoms with van der Waals surface area (Å²) in [5, 5.41) is 12.2. The first-order valence-corrected chi connectivity index (χ1v) is 20.5. The zero-order chi connectivity index (χ0) is 43.7. The average Bonchev–Trinajstić information content (AvgIpc) is 3.70. The van der Waals surface area contributed by atoms with E-state index in [1.165, 1.54) is 14.2 Å². The Labute approximate surface area is 362 Å². The maximum Gasteiger partial charge on any atom is 0.337 e. The number of H-pyrrole nitrogens is 2. The molecular weight excluding hydrogens is 807 g/mol. The molecule has 10 rings (SSSR count). The molecule has 4 N–H and O–H groups in total. The molecule has 5 aromatic carbocycles. The van der Waals surface area contributed by atoms with Crippen molar-refractivity contribution >= 4 is 51.7 Å². The number of hydrogen-bond donors (Lipinski definition) is 4. The van der Waals surface area contributed by atoms with Gasteiger partial charge in [-0.05, 0) is 54.6 Å². The molecule has 3 aliphatic heterocycles. The SMILES string of the molecule is COC(=O)c1ccc2c(c1)OCCN(c1nc3ccccc3[nH]1)C2.COC(=O)c1ccc2c(c1)OCCNC2.O=C(CO)c1ccc2c(c1)OCCN(c1nc3ccccc3[nH]1)C2. The summed E-state index contributed by atoms with van der Waals surface area (Å²) in [7, 11) is 2.74. The maximum absolute atomic E-state index is 11.7. The van der Waals surface area contributed by atoms with Gasteiger partial charge in [-0.2, -0.15) is 0 Å². The van der Waals surface area contributed by atoms with Crippen molar-refractivity contribution in [1.29, 1.82) is 0 Å². The number of nitrogens with one attached hydrogen (secondary N) is 3. The number of hydrogen-bond acceptors (Lipinski definition) is 14. The summed E-state index contributed by atoms with van der Waals surface area (Å²) in [5.41, 5.74) is 8.45. The van der Waals surface area contributed by atoms with Crippen LogP contribution in [0.4, 0.5) is 11.9 Å². The van der Waals surface area contributed by atoms with Gasteiger partial charge in [-0.15, -0.1) is 0 Å². The number of carbonyl (C=O) groups is 3. The molecule has 0 aliphatic carbocycles. The molecule has 0 unspecified atom stereocenters. The lowest BCUT2D eigenvalue weighted by atomic mass is 10.1. The number of aliphatic hydroxyl groups excluding tert-OH is 1. The summed E-state index contributed by atoms with van der Waals surface area (Å²) in [6.45, 7) is 5.45. The van der Waals surface area contributed by atoms with E-state index in [0.29, 0.717) is 68.4 Å². The number of carbonyl (C=O) groups excluding carboxylic acids is 3. The highest BCUT2D eigenvalue weighted by Gasteiger charge is 2.22. The second kappa shape index (κ2) is 19.5. The number of benzene rings is 5. The van der Waals surface area contributed by atoms with E-state index < -0.39 is 6.61 Å². The molecule has 0 fully saturated rings. The number of fused-ring (bicyclic) bond motifs is 5. The van der Waals surface area contributed by atoms with Gasteiger partial charge in [-0.25, -0.2) is 19.6 Å². The van der Waals surface area contributed by atoms with Crippen molar-refractivity contribution in [3.63, 3.8) is 0 Å². The van der Waals surface area contributed by atoms with E-state index >= 15 is 0 Å². The number of Topliss-reactive ketones (excluding diaryl/α,β-unsaturated/α-hetero) is 1. The lowest BCUT2D eigenvalue weighted by Crippen LogP contribution is -2.26. The Morgan fingerprint density at radius 3 is 1.59 bits per heavy atom. The van der Waals surface area contributed by atoms with Crippen LogP contribution in [0.1, 0.15) is 47.8 Å². The van der Waals surface area contributed by atoms with Gasteiger partial charge < -0.3 is 53.9 Å². The summed E-state index contributed by atoms with van der Waals surface area (Å²) < 4.78 is 26.5. The molecule has 3 aliphatic rings. The van der Waals surface area contributed by atoms with Crippen molar-refractivity contribution < 1.29 is 43.2 Å². The van der Waals surface area contributed by atoms with E-state index in [-0.39, 0.29) is 17.7 Å². The van der Waals surface area contributed by atoms with E-state index in [1.54, 1.807) is 36.4 Å². The summed E-state index contributed by atoms with van der Waals surface area (Å²) in [4.78, 5) is 54.8. The van der Waals surface area contributed by atoms with Crippen LogP contribution in [0.25, 0.3) is 22.1 Å². The Bertz CT molecular complexity index is 2530. The van der Waals surface area contributed by atoms with Gasteiger partial charge in [0.2, 0.25) is 11.9 Å². The third kappa shape index (κ3) is 9.88. The number of para-hydroxylation sites is 4. The molecule has 16 heteroatoms. The van der Waals surface area contributed by atoms with Gasteiger partial charge in [0.25, 0.3) is 0 Å². The summed E-state index contributed by atoms with van der Waals surface area (Å²) in [5.74, 6) is 2.80. The van der Waals surface area contributed by atoms with Gasteiger partial charge in [0.05, 0.1) is 60.5 Å². The fraction of sp³-hybridized carbons (Fsp3) is 0.255. The lowest BCUT2D eigenvalue weighted by Gasteiger charge is -2.18. The maximum atomic E-state index is 11.7. The minimum atomic E-state index is -0.496. The normalized spacial score (nSPS) is 14.2. The lowest BCUT2D eigenvalue weighted by molar-refractivity contribution is 0.0591. The van der Waals surface area contributed by atoms with Crippen LogP contribution in [0.2, 0.25) is 0 Å². The summed E-state index contributed by atoms with van der Waals surface area (Å²) in [6.07, 6.45) is 0. The zero-order valence-electron chi connectivity index (χ0n) is 34.9. The zero-order valence-corrected chi connectivity index (χ0v) is 34.9. The van der Waals surface area contributed by atoms with Crippen LogP contribution in [-0.4, -0.2) is 103 Å². The highest BCUT2D eigenvalue weighted by Crippen LogP contribution is 2.30. The summed E-state index contributed by atoms with van der Waals surface area (Å²) in [6, 6.07) is 32.0. The van der Waals surface area contributed by atoms with Crippen molar-refractivity contribution in [2.45, 2.75) is 19.6 Å². The van der Waals surface area contributed by atoms with Crippen LogP contribution in [0.5, 0.6) is 17.2 Å². The number of aromatic amines is 2. The molecule has 16 nitrogen and oxygen atoms in total. The van der Waals surface area contributed by atoms with E-state index in [0.717, 1.165) is 75.2 Å². The van der Waals surface area contributed by atoms with Crippen LogP contribution in [0, 0.1) is 0 Å². The molecule has 0 bridgehead atoms. The highest BCUT2D eigenvalue weighted by molar-refractivity contribution is 5.97. The van der Waals surface area contributed by atoms with E-state index in [2.05, 4.69) is 39.8 Å². The van der Waals surface area contributed by atoms with Crippen LogP contribution >= 0.6 is 0 Å². The number of esters is 2. The van der Waals surface area contributed by atoms with Crippen LogP contribution < -0.4 is 29.3 Å². The molecule has 0 atom stereocenters. The Kier molecular flexibility index (Phi) is 13.1. The number of nitrogens with zero attached hydrogens (tertiary/aromatic N) is 4. The number of aliphatic hydroxyl groups is 1. The fourth-order valence-corrected chi connectivity index (χ4v) is 7.33. The molecule has 2 aromatic heterocycles. The Morgan fingerprint density at radius 1 is 0.619 bits per heavy atom. The van der Waals surface area contributed by atoms with Crippen molar-refractivity contribution in [2.75, 3.05) is 70.1 Å². The second-order valence-corrected chi connectivity index (χ2v) is 14.8. The first-order valence-electron chi connectivity index (χ1n) is 20.5. The van der Waals surface area contributed by atoms with Crippen LogP contribution in [0.3, 0.4) is 0 Å². The van der Waals surface area contributed by atoms with E-state index in [9.17, 15) is 14.4 Å². The highest BCUT2D eigenvalue weighted by atomic mass is 16.5. The molecular formula is C47H47N7O9. The molecule has 0 radical (unpaired) electrons. The third-order valence-electron chi connectivity index (χ3n) is 10.7. The smallest absolute Gasteiger partial charge is 0.337 e. The molecule has 7 aromatic rings. The predicted octanol–water partition coefficient (Wildman–Crippen LogP) is 5.84. The van der Waals surface area contributed by atoms with Gasteiger partial charge in [0.1, 0.15) is 43.7 Å². The molecule has 0 spiro atoms. The number of aromatic nitrogens is 4. The minimum absolute atomic E-state index is 0.306. The Hall–Kier alpha value is -7.43. The van der Waals surface area contributed by atoms with Crippen LogP contribution in [0.15, 0.2) is 103 Å². The topological polar surface area (TPSA) is 193 Å². The number of ether oxygens (including phenoxy) is 5. The standard InChI is InChI=1S/2C18H17N3O3.C11H13NO3/c1-23-17(22)12-6-7-13-11-21(8-9-24-16(13)10-12)18-19-14-4-2-3-5-15(14)20-18;22-11-16(23)12-5-6-13-10-21(7-8-24-17(13)9-12)18-19-14-3-1-2-4-15(14)20-18;1-14-11(13)8-2-3-9-7-12-4-5-15-10(9)6-8/h2-7,10H,8-9,11H2,1H3,(H,19,20);1-6,9,22H,7-8,10-11H2,(H,19,20);2-3,6,12H,4-5,7H2,1H3. The van der Waals surface area contributed by atoms with Gasteiger partial charge in [-0.3, -0.25) is 4.79 Å². The van der Waals surface area contributed by atoms with E-state index in [4.69, 9.17) is 24.1 Å². The van der Waals surface area contributed by atoms with E-state index in [1.807, 2.05) is 66.7 Å². The molecule has 63 heavy (non-hydrogen) atoms. The van der Waals surface area contributed by atoms with Gasteiger partial charge in [0.15, 0.2) is 5.78 Å². The average molecular weight is 854 g/mol. The van der Waals surface area contributed by atoms with Crippen molar-refractivity contribution in [2.24, 2.45) is 0 Å². The molecule has 0 saturated heterocycles. The molecule has 0 amide bonds. The molecule has 5 heterocycles. The second-order valence-electron chi connectivity index (χ2n) is 14.8. The van der Waals surface area contributed by atoms with Crippen molar-refractivity contribution in [3.05, 3.63) is 137 Å².